The van der Waals surface area contributed by atoms with Crippen LogP contribution in [0.3, 0.4) is 0 Å². The molecule has 1 aliphatic carbocycles. The van der Waals surface area contributed by atoms with Crippen LogP contribution in [0.15, 0.2) is 24.3 Å². The van der Waals surface area contributed by atoms with Gasteiger partial charge in [-0.25, -0.2) is 0 Å². The van der Waals surface area contributed by atoms with Gasteiger partial charge >= 0.3 is 0 Å². The third kappa shape index (κ3) is 2.17. The van der Waals surface area contributed by atoms with Crippen LogP contribution in [0.2, 0.25) is 0 Å². The molecule has 0 saturated heterocycles. The van der Waals surface area contributed by atoms with Crippen LogP contribution in [0.5, 0.6) is 0 Å². The number of ether oxygens (including phenoxy) is 1. The first-order valence-corrected chi connectivity index (χ1v) is 5.87. The van der Waals surface area contributed by atoms with Crippen molar-refractivity contribution < 1.29 is 9.53 Å². The molecular formula is C14H18O2. The zero-order chi connectivity index (χ0) is 11.6. The lowest BCUT2D eigenvalue weighted by molar-refractivity contribution is 0.101. The van der Waals surface area contributed by atoms with E-state index in [1.807, 2.05) is 19.1 Å². The van der Waals surface area contributed by atoms with E-state index in [-0.39, 0.29) is 11.2 Å². The fourth-order valence-corrected chi connectivity index (χ4v) is 2.02. The van der Waals surface area contributed by atoms with Crippen LogP contribution in [0.25, 0.3) is 0 Å². The van der Waals surface area contributed by atoms with Crippen LogP contribution in [-0.4, -0.2) is 19.0 Å². The maximum Gasteiger partial charge on any atom is 0.159 e. The summed E-state index contributed by atoms with van der Waals surface area (Å²) in [5.41, 5.74) is 2.34. The third-order valence-corrected chi connectivity index (χ3v) is 3.34. The second-order valence-corrected chi connectivity index (χ2v) is 4.55. The number of rotatable bonds is 5. The van der Waals surface area contributed by atoms with E-state index in [0.29, 0.717) is 0 Å². The highest BCUT2D eigenvalue weighted by Crippen LogP contribution is 2.48. The lowest BCUT2D eigenvalue weighted by Gasteiger charge is -2.15. The lowest BCUT2D eigenvalue weighted by atomic mass is 9.95. The molecule has 16 heavy (non-hydrogen) atoms. The summed E-state index contributed by atoms with van der Waals surface area (Å²) in [6.07, 6.45) is 2.40. The molecule has 86 valence electrons. The van der Waals surface area contributed by atoms with Crippen molar-refractivity contribution in [3.8, 4) is 0 Å². The highest BCUT2D eigenvalue weighted by Gasteiger charge is 2.44. The normalized spacial score (nSPS) is 17.1. The zero-order valence-electron chi connectivity index (χ0n) is 9.95. The summed E-state index contributed by atoms with van der Waals surface area (Å²) in [7, 11) is 0. The average Bonchev–Trinajstić information content (AvgIpc) is 3.08. The van der Waals surface area contributed by atoms with E-state index in [1.165, 1.54) is 18.4 Å². The van der Waals surface area contributed by atoms with Crippen molar-refractivity contribution in [1.82, 2.24) is 0 Å². The van der Waals surface area contributed by atoms with Crippen molar-refractivity contribution in [2.75, 3.05) is 13.2 Å². The Morgan fingerprint density at radius 3 is 2.38 bits per heavy atom. The molecule has 0 heterocycles. The Morgan fingerprint density at radius 1 is 1.31 bits per heavy atom. The number of Topliss-reactive ketones (excluding diaryl/α,β-unsaturated/α-hetero) is 1. The summed E-state index contributed by atoms with van der Waals surface area (Å²) in [6, 6.07) is 7.98. The number of hydrogen-bond acceptors (Lipinski definition) is 2. The summed E-state index contributed by atoms with van der Waals surface area (Å²) in [4.78, 5) is 11.2. The Kier molecular flexibility index (Phi) is 3.10. The molecule has 0 radical (unpaired) electrons. The van der Waals surface area contributed by atoms with Crippen LogP contribution in [0, 0.1) is 0 Å². The van der Waals surface area contributed by atoms with E-state index < -0.39 is 0 Å². The lowest BCUT2D eigenvalue weighted by Crippen LogP contribution is -2.15. The van der Waals surface area contributed by atoms with Crippen molar-refractivity contribution >= 4 is 5.78 Å². The monoisotopic (exact) mass is 218 g/mol. The van der Waals surface area contributed by atoms with Gasteiger partial charge in [-0.2, -0.15) is 0 Å². The maximum absolute atomic E-state index is 11.2. The number of carbonyl (C=O) groups is 1. The highest BCUT2D eigenvalue weighted by atomic mass is 16.5. The first-order valence-electron chi connectivity index (χ1n) is 5.87. The van der Waals surface area contributed by atoms with Gasteiger partial charge in [0, 0.05) is 17.6 Å². The topological polar surface area (TPSA) is 26.3 Å². The smallest absolute Gasteiger partial charge is 0.159 e. The fourth-order valence-electron chi connectivity index (χ4n) is 2.02. The first kappa shape index (κ1) is 11.3. The van der Waals surface area contributed by atoms with Gasteiger partial charge in [0.15, 0.2) is 5.78 Å². The van der Waals surface area contributed by atoms with Gasteiger partial charge in [-0.3, -0.25) is 4.79 Å². The SMILES string of the molecule is CCOCC1(c2ccc(C(C)=O)cc2)CC1. The van der Waals surface area contributed by atoms with Crippen molar-refractivity contribution in [2.24, 2.45) is 0 Å². The van der Waals surface area contributed by atoms with Crippen LogP contribution in [0.1, 0.15) is 42.6 Å². The summed E-state index contributed by atoms with van der Waals surface area (Å²) in [6.45, 7) is 5.20. The van der Waals surface area contributed by atoms with E-state index in [4.69, 9.17) is 4.74 Å². The van der Waals surface area contributed by atoms with Gasteiger partial charge in [-0.1, -0.05) is 24.3 Å². The minimum atomic E-state index is 0.126. The molecule has 0 aromatic heterocycles. The number of hydrogen-bond donors (Lipinski definition) is 0. The minimum Gasteiger partial charge on any atom is -0.381 e. The van der Waals surface area contributed by atoms with Crippen LogP contribution >= 0.6 is 0 Å². The molecule has 0 spiro atoms. The molecule has 1 aromatic rings. The molecule has 0 atom stereocenters. The quantitative estimate of drug-likeness (QED) is 0.710. The Balaban J connectivity index is 2.12. The number of ketones is 1. The van der Waals surface area contributed by atoms with Crippen LogP contribution in [0.4, 0.5) is 0 Å². The molecule has 0 N–H and O–H groups in total. The molecule has 0 aliphatic heterocycles. The summed E-state index contributed by atoms with van der Waals surface area (Å²) in [5, 5.41) is 0. The predicted octanol–water partition coefficient (Wildman–Crippen LogP) is 2.96. The molecule has 0 unspecified atom stereocenters. The summed E-state index contributed by atoms with van der Waals surface area (Å²) in [5.74, 6) is 0.126. The van der Waals surface area contributed by atoms with Gasteiger partial charge in [0.1, 0.15) is 0 Å². The van der Waals surface area contributed by atoms with Crippen molar-refractivity contribution in [1.29, 1.82) is 0 Å². The predicted molar refractivity (Wildman–Crippen MR) is 63.9 cm³/mol. The molecule has 2 nitrogen and oxygen atoms in total. The van der Waals surface area contributed by atoms with Crippen LogP contribution in [-0.2, 0) is 10.2 Å². The number of carbonyl (C=O) groups excluding carboxylic acids is 1. The molecule has 2 heteroatoms. The van der Waals surface area contributed by atoms with E-state index >= 15 is 0 Å². The van der Waals surface area contributed by atoms with Gasteiger partial charge < -0.3 is 4.74 Å². The van der Waals surface area contributed by atoms with Gasteiger partial charge in [0.2, 0.25) is 0 Å². The average molecular weight is 218 g/mol. The van der Waals surface area contributed by atoms with Crippen molar-refractivity contribution in [3.63, 3.8) is 0 Å². The first-order chi connectivity index (χ1) is 7.68. The van der Waals surface area contributed by atoms with E-state index in [2.05, 4.69) is 12.1 Å². The Morgan fingerprint density at radius 2 is 1.94 bits per heavy atom. The standard InChI is InChI=1S/C14H18O2/c1-3-16-10-14(8-9-14)13-6-4-12(5-7-13)11(2)15/h4-7H,3,8-10H2,1-2H3. The molecule has 2 rings (SSSR count). The number of benzene rings is 1. The summed E-state index contributed by atoms with van der Waals surface area (Å²) < 4.78 is 5.53. The Hall–Kier alpha value is -1.15. The summed E-state index contributed by atoms with van der Waals surface area (Å²) >= 11 is 0. The van der Waals surface area contributed by atoms with Gasteiger partial charge in [-0.15, -0.1) is 0 Å². The van der Waals surface area contributed by atoms with Crippen molar-refractivity contribution in [2.45, 2.75) is 32.1 Å². The Labute approximate surface area is 96.6 Å². The van der Waals surface area contributed by atoms with E-state index in [9.17, 15) is 4.79 Å². The second kappa shape index (κ2) is 4.38. The van der Waals surface area contributed by atoms with Crippen molar-refractivity contribution in [3.05, 3.63) is 35.4 Å². The zero-order valence-corrected chi connectivity index (χ0v) is 9.95. The Bertz CT molecular complexity index is 374. The van der Waals surface area contributed by atoms with Gasteiger partial charge in [0.25, 0.3) is 0 Å². The van der Waals surface area contributed by atoms with Crippen LogP contribution < -0.4 is 0 Å². The molecule has 0 bridgehead atoms. The maximum atomic E-state index is 11.2. The molecule has 1 aromatic carbocycles. The molecule has 1 fully saturated rings. The second-order valence-electron chi connectivity index (χ2n) is 4.55. The highest BCUT2D eigenvalue weighted by molar-refractivity contribution is 5.94. The molecule has 0 amide bonds. The van der Waals surface area contributed by atoms with Gasteiger partial charge in [0.05, 0.1) is 6.61 Å². The molecule has 1 saturated carbocycles. The van der Waals surface area contributed by atoms with Gasteiger partial charge in [-0.05, 0) is 32.3 Å². The molecular weight excluding hydrogens is 200 g/mol. The van der Waals surface area contributed by atoms with E-state index in [1.54, 1.807) is 6.92 Å². The largest absolute Gasteiger partial charge is 0.381 e. The molecule has 1 aliphatic rings. The minimum absolute atomic E-state index is 0.126. The fraction of sp³-hybridized carbons (Fsp3) is 0.500. The third-order valence-electron chi connectivity index (χ3n) is 3.34. The van der Waals surface area contributed by atoms with E-state index in [0.717, 1.165) is 18.8 Å².